The monoisotopic (exact) mass is 274 g/mol. The van der Waals surface area contributed by atoms with Crippen LogP contribution in [0.4, 0.5) is 4.79 Å². The van der Waals surface area contributed by atoms with Crippen molar-refractivity contribution in [3.8, 4) is 0 Å². The highest BCUT2D eigenvalue weighted by molar-refractivity contribution is 5.77. The number of carbonyl (C=O) groups excluding carboxylic acids is 1. The lowest BCUT2D eigenvalue weighted by Crippen LogP contribution is -2.47. The molecule has 2 amide bonds. The summed E-state index contributed by atoms with van der Waals surface area (Å²) in [5.74, 6) is -0.588. The van der Waals surface area contributed by atoms with Crippen LogP contribution in [-0.2, 0) is 9.53 Å². The minimum atomic E-state index is -0.972. The Balaban J connectivity index is 4.42. The fourth-order valence-electron chi connectivity index (χ4n) is 1.40. The Kier molecular flexibility index (Phi) is 7.44. The minimum Gasteiger partial charge on any atom is -0.481 e. The second kappa shape index (κ2) is 7.99. The van der Waals surface area contributed by atoms with E-state index in [1.54, 1.807) is 25.9 Å². The first-order chi connectivity index (χ1) is 8.70. The lowest BCUT2D eigenvalue weighted by molar-refractivity contribution is -0.146. The van der Waals surface area contributed by atoms with Crippen LogP contribution in [0.3, 0.4) is 0 Å². The third-order valence-electron chi connectivity index (χ3n) is 2.70. The summed E-state index contributed by atoms with van der Waals surface area (Å²) in [6.45, 7) is 8.87. The quantitative estimate of drug-likeness (QED) is 0.701. The molecule has 0 saturated heterocycles. The van der Waals surface area contributed by atoms with E-state index < -0.39 is 11.4 Å². The van der Waals surface area contributed by atoms with Crippen molar-refractivity contribution in [3.05, 3.63) is 0 Å². The van der Waals surface area contributed by atoms with Gasteiger partial charge in [0.25, 0.3) is 0 Å². The third-order valence-corrected chi connectivity index (χ3v) is 2.70. The van der Waals surface area contributed by atoms with Crippen molar-refractivity contribution in [2.75, 3.05) is 33.4 Å². The van der Waals surface area contributed by atoms with Crippen molar-refractivity contribution in [1.82, 2.24) is 10.2 Å². The number of ether oxygens (including phenoxy) is 1. The van der Waals surface area contributed by atoms with Gasteiger partial charge >= 0.3 is 12.0 Å². The smallest absolute Gasteiger partial charge is 0.317 e. The molecule has 0 saturated carbocycles. The van der Waals surface area contributed by atoms with E-state index in [1.165, 1.54) is 0 Å². The molecule has 6 nitrogen and oxygen atoms in total. The zero-order valence-electron chi connectivity index (χ0n) is 12.5. The molecule has 0 aromatic carbocycles. The molecule has 0 atom stereocenters. The maximum Gasteiger partial charge on any atom is 0.317 e. The summed E-state index contributed by atoms with van der Waals surface area (Å²) in [4.78, 5) is 24.6. The van der Waals surface area contributed by atoms with Crippen LogP contribution in [0.25, 0.3) is 0 Å². The van der Waals surface area contributed by atoms with Crippen LogP contribution >= 0.6 is 0 Å². The number of aliphatic carboxylic acids is 1. The van der Waals surface area contributed by atoms with E-state index in [2.05, 4.69) is 5.32 Å². The normalized spacial score (nSPS) is 11.5. The molecule has 0 aromatic heterocycles. The number of hydrogen-bond acceptors (Lipinski definition) is 3. The second-order valence-corrected chi connectivity index (χ2v) is 5.68. The van der Waals surface area contributed by atoms with E-state index in [-0.39, 0.29) is 12.6 Å². The van der Waals surface area contributed by atoms with Crippen LogP contribution in [0.15, 0.2) is 0 Å². The van der Waals surface area contributed by atoms with Gasteiger partial charge in [-0.1, -0.05) is 13.8 Å². The van der Waals surface area contributed by atoms with Gasteiger partial charge in [-0.15, -0.1) is 0 Å². The van der Waals surface area contributed by atoms with Gasteiger partial charge in [0, 0.05) is 26.7 Å². The third kappa shape index (κ3) is 7.00. The molecule has 0 aliphatic carbocycles. The van der Waals surface area contributed by atoms with Gasteiger partial charge < -0.3 is 20.1 Å². The number of urea groups is 1. The summed E-state index contributed by atoms with van der Waals surface area (Å²) in [5.41, 5.74) is -0.972. The first-order valence-corrected chi connectivity index (χ1v) is 6.45. The number of nitrogens with zero attached hydrogens (tertiary/aromatic N) is 1. The van der Waals surface area contributed by atoms with Gasteiger partial charge in [-0.05, 0) is 19.8 Å². The summed E-state index contributed by atoms with van der Waals surface area (Å²) < 4.78 is 4.97. The van der Waals surface area contributed by atoms with Crippen molar-refractivity contribution in [3.63, 3.8) is 0 Å². The number of rotatable bonds is 8. The molecule has 112 valence electrons. The molecule has 6 heteroatoms. The first-order valence-electron chi connectivity index (χ1n) is 6.45. The van der Waals surface area contributed by atoms with E-state index in [4.69, 9.17) is 9.84 Å². The van der Waals surface area contributed by atoms with E-state index in [9.17, 15) is 9.59 Å². The zero-order chi connectivity index (χ0) is 15.1. The molecule has 0 aliphatic heterocycles. The fraction of sp³-hybridized carbons (Fsp3) is 0.846. The molecule has 0 spiro atoms. The van der Waals surface area contributed by atoms with Crippen molar-refractivity contribution in [2.45, 2.75) is 27.7 Å². The Labute approximate surface area is 115 Å². The predicted octanol–water partition coefficient (Wildman–Crippen LogP) is 1.41. The zero-order valence-corrected chi connectivity index (χ0v) is 12.5. The summed E-state index contributed by atoms with van der Waals surface area (Å²) >= 11 is 0. The molecule has 0 aliphatic rings. The molecule has 0 unspecified atom stereocenters. The van der Waals surface area contributed by atoms with E-state index in [0.717, 1.165) is 0 Å². The van der Waals surface area contributed by atoms with Crippen molar-refractivity contribution < 1.29 is 19.4 Å². The summed E-state index contributed by atoms with van der Waals surface area (Å²) in [6, 6.07) is -0.250. The molecule has 0 rings (SSSR count). The SMILES string of the molecule is COCCN(CC(C)C)C(=O)NCC(C)(C)C(=O)O. The van der Waals surface area contributed by atoms with E-state index in [1.807, 2.05) is 13.8 Å². The largest absolute Gasteiger partial charge is 0.481 e. The Bertz CT molecular complexity index is 303. The van der Waals surface area contributed by atoms with Crippen LogP contribution in [-0.4, -0.2) is 55.4 Å². The molecule has 0 radical (unpaired) electrons. The standard InChI is InChI=1S/C13H26N2O4/c1-10(2)8-15(6-7-19-5)12(18)14-9-13(3,4)11(16)17/h10H,6-9H2,1-5H3,(H,14,18)(H,16,17). The molecule has 2 N–H and O–H groups in total. The topological polar surface area (TPSA) is 78.9 Å². The maximum atomic E-state index is 12.0. The highest BCUT2D eigenvalue weighted by atomic mass is 16.5. The highest BCUT2D eigenvalue weighted by Crippen LogP contribution is 2.13. The fourth-order valence-corrected chi connectivity index (χ4v) is 1.40. The molecular formula is C13H26N2O4. The lowest BCUT2D eigenvalue weighted by atomic mass is 9.94. The number of carboxylic acid groups (broad SMARTS) is 1. The van der Waals surface area contributed by atoms with Gasteiger partial charge in [0.1, 0.15) is 0 Å². The van der Waals surface area contributed by atoms with Gasteiger partial charge in [-0.25, -0.2) is 4.79 Å². The van der Waals surface area contributed by atoms with Crippen LogP contribution in [0.2, 0.25) is 0 Å². The van der Waals surface area contributed by atoms with Gasteiger partial charge in [0.05, 0.1) is 12.0 Å². The lowest BCUT2D eigenvalue weighted by Gasteiger charge is -2.27. The molecule has 0 aromatic rings. The summed E-state index contributed by atoms with van der Waals surface area (Å²) in [5, 5.41) is 11.7. The minimum absolute atomic E-state index is 0.0999. The highest BCUT2D eigenvalue weighted by Gasteiger charge is 2.28. The van der Waals surface area contributed by atoms with Crippen molar-refractivity contribution in [2.24, 2.45) is 11.3 Å². The molecule has 19 heavy (non-hydrogen) atoms. The number of amides is 2. The van der Waals surface area contributed by atoms with Gasteiger partial charge in [0.2, 0.25) is 0 Å². The number of carboxylic acids is 1. The molecule has 0 fully saturated rings. The van der Waals surface area contributed by atoms with Crippen LogP contribution in [0.1, 0.15) is 27.7 Å². The Morgan fingerprint density at radius 3 is 2.37 bits per heavy atom. The number of carbonyl (C=O) groups is 2. The van der Waals surface area contributed by atoms with Crippen molar-refractivity contribution in [1.29, 1.82) is 0 Å². The molecule has 0 bridgehead atoms. The van der Waals surface area contributed by atoms with Crippen LogP contribution in [0.5, 0.6) is 0 Å². The maximum absolute atomic E-state index is 12.0. The van der Waals surface area contributed by atoms with Crippen LogP contribution in [0, 0.1) is 11.3 Å². The van der Waals surface area contributed by atoms with E-state index in [0.29, 0.717) is 25.6 Å². The second-order valence-electron chi connectivity index (χ2n) is 5.68. The first kappa shape index (κ1) is 17.7. The summed E-state index contributed by atoms with van der Waals surface area (Å²) in [7, 11) is 1.58. The van der Waals surface area contributed by atoms with Gasteiger partial charge in [-0.2, -0.15) is 0 Å². The Morgan fingerprint density at radius 1 is 1.37 bits per heavy atom. The number of nitrogens with one attached hydrogen (secondary N) is 1. The predicted molar refractivity (Wildman–Crippen MR) is 73.1 cm³/mol. The Hall–Kier alpha value is -1.30. The van der Waals surface area contributed by atoms with Crippen molar-refractivity contribution >= 4 is 12.0 Å². The number of hydrogen-bond donors (Lipinski definition) is 2. The van der Waals surface area contributed by atoms with E-state index >= 15 is 0 Å². The summed E-state index contributed by atoms with van der Waals surface area (Å²) in [6.07, 6.45) is 0. The van der Waals surface area contributed by atoms with Crippen LogP contribution < -0.4 is 5.32 Å². The van der Waals surface area contributed by atoms with Gasteiger partial charge in [0.15, 0.2) is 0 Å². The average Bonchev–Trinajstić information content (AvgIpc) is 2.30. The molecular weight excluding hydrogens is 248 g/mol. The number of methoxy groups -OCH3 is 1. The van der Waals surface area contributed by atoms with Gasteiger partial charge in [-0.3, -0.25) is 4.79 Å². The average molecular weight is 274 g/mol. The Morgan fingerprint density at radius 2 is 1.95 bits per heavy atom. The molecule has 0 heterocycles.